The predicted octanol–water partition coefficient (Wildman–Crippen LogP) is 26.8. The summed E-state index contributed by atoms with van der Waals surface area (Å²) in [6.45, 7) is 52.1. The largest absolute Gasteiger partial charge is 4.00 e. The predicted molar refractivity (Wildman–Crippen MR) is 387 cm³/mol. The molecule has 0 N–H and O–H groups in total. The second-order valence-electron chi connectivity index (χ2n) is 30.1. The molecular weight excluding hydrogens is 1350 g/mol. The average molecular weight is 1510 g/mol. The molecule has 0 amide bonds. The molecule has 0 aromatic carbocycles. The Balaban J connectivity index is -0.000000215. The van der Waals surface area contributed by atoms with Gasteiger partial charge in [-0.2, -0.15) is 0 Å². The van der Waals surface area contributed by atoms with E-state index in [4.69, 9.17) is 0 Å². The van der Waals surface area contributed by atoms with Crippen LogP contribution in [0, 0.1) is 213 Å². The Labute approximate surface area is 579 Å². The fraction of sp³-hybridized carbons (Fsp3) is 0.759. The molecule has 0 nitrogen and oxygen atoms in total. The van der Waals surface area contributed by atoms with E-state index in [1.54, 1.807) is 22.3 Å². The molecule has 0 radical (unpaired) electrons. The number of hydrogen-bond acceptors (Lipinski definition) is 0. The molecule has 85 heavy (non-hydrogen) atoms. The van der Waals surface area contributed by atoms with E-state index in [2.05, 4.69) is 201 Å². The normalized spacial score (nSPS) is 38.9. The third-order valence-electron chi connectivity index (χ3n) is 24.9. The third-order valence-corrected chi connectivity index (χ3v) is 24.9. The van der Waals surface area contributed by atoms with E-state index in [1.165, 1.54) is 96.3 Å². The van der Waals surface area contributed by atoms with Crippen LogP contribution in [0.4, 0.5) is 0 Å². The summed E-state index contributed by atoms with van der Waals surface area (Å²) in [6, 6.07) is 0. The molecule has 9 atom stereocenters. The van der Waals surface area contributed by atoms with Crippen molar-refractivity contribution in [2.75, 3.05) is 0 Å². The van der Waals surface area contributed by atoms with Gasteiger partial charge in [0.15, 0.2) is 0 Å². The van der Waals surface area contributed by atoms with Gasteiger partial charge in [0.05, 0.1) is 0 Å². The molecule has 494 valence electrons. The summed E-state index contributed by atoms with van der Waals surface area (Å²) in [6.07, 6.45) is 40.9. The van der Waals surface area contributed by atoms with E-state index in [0.717, 1.165) is 154 Å². The van der Waals surface area contributed by atoms with E-state index < -0.39 is 0 Å². The molecule has 8 fully saturated rings. The van der Waals surface area contributed by atoms with Crippen molar-refractivity contribution >= 4 is 0 Å². The molecule has 0 spiro atoms. The van der Waals surface area contributed by atoms with Crippen molar-refractivity contribution in [1.29, 1.82) is 0 Å². The number of rotatable bonds is 4. The van der Waals surface area contributed by atoms with Gasteiger partial charge in [0.2, 0.25) is 0 Å². The van der Waals surface area contributed by atoms with Gasteiger partial charge in [-0.05, 0) is 266 Å². The molecule has 2 heteroatoms. The van der Waals surface area contributed by atoms with Crippen LogP contribution in [-0.2, 0) is 51.7 Å². The fourth-order valence-corrected chi connectivity index (χ4v) is 17.7. The Morgan fingerprint density at radius 2 is 0.565 bits per heavy atom. The van der Waals surface area contributed by atoms with Crippen LogP contribution in [0.15, 0.2) is 70.9 Å². The minimum absolute atomic E-state index is 0. The maximum Gasteiger partial charge on any atom is 4.00 e. The van der Waals surface area contributed by atoms with Crippen LogP contribution in [0.2, 0.25) is 0 Å². The van der Waals surface area contributed by atoms with Gasteiger partial charge in [0.1, 0.15) is 0 Å². The van der Waals surface area contributed by atoms with Crippen LogP contribution in [0.25, 0.3) is 0 Å². The molecule has 8 saturated carbocycles. The van der Waals surface area contributed by atoms with Crippen LogP contribution in [-0.4, -0.2) is 0 Å². The zero-order valence-electron chi connectivity index (χ0n) is 63.2. The summed E-state index contributed by atoms with van der Waals surface area (Å²) < 4.78 is 0. The molecule has 0 aromatic heterocycles. The minimum atomic E-state index is 0. The zero-order chi connectivity index (χ0) is 55.6. The third kappa shape index (κ3) is 25.2. The number of allylic oxidation sites excluding steroid dienone is 12. The van der Waals surface area contributed by atoms with Gasteiger partial charge in [0, 0.05) is 0 Å². The van der Waals surface area contributed by atoms with E-state index in [-0.39, 0.29) is 111 Å². The summed E-state index contributed by atoms with van der Waals surface area (Å²) in [5.74, 6) is 24.0. The Kier molecular flexibility index (Phi) is 51.5. The SMILES string of the molecule is CC(C)CC1CCC2C=C3CCCC3=CC21.CC(C)CC1CCC2C=CC=CC21.CC1C(C)C(C)C(C)C1C.CC1C(C)C(C)C(C)C1C.CC1C(C)C(C)C(C)C1C.CC1CCC2C=C3CCCC3=CC12.CCC.[CH3-].[CH3-].[CH3-].[CH3-].[CH3-].[CH3-].[CH3-].[CH3-].[Hf+4].[Hf+4]. The second kappa shape index (κ2) is 45.5. The standard InChI is InChI=1S/C16H24.C13H18.C13H20.3C10H20.C3H8.8CH3.2Hf/c1-11(2)8-14-6-7-15-9-12-4-3-5-13(12)10-16(14)15;1-9-5-6-12-7-10-3-2-4-11(10)8-13(9)12;1-10(2)9-12-8-7-11-5-3-4-6-13(11)12;3*1-6-7(2)9(4)10(5)8(6)3;1-3-2;;;;;;;;;;/h9-11,14-16H,3-8H2,1-2H3;7-9,12-13H,2-6H2,1H3;3-6,10-13H,7-9H2,1-2H3;3*6-10H,1-5H3;3H2,1-2H3;8*1H3;;/q;;;;;;;8*-1;2*+4. The molecule has 0 aromatic rings. The zero-order valence-corrected chi connectivity index (χ0v) is 70.4. The van der Waals surface area contributed by atoms with Crippen LogP contribution in [0.3, 0.4) is 0 Å². The van der Waals surface area contributed by atoms with Crippen LogP contribution in [0.5, 0.6) is 0 Å². The van der Waals surface area contributed by atoms with E-state index >= 15 is 0 Å². The molecule has 11 aliphatic rings. The minimum Gasteiger partial charge on any atom is -0.358 e. The van der Waals surface area contributed by atoms with Gasteiger partial charge in [-0.1, -0.05) is 207 Å². The van der Waals surface area contributed by atoms with Gasteiger partial charge in [0.25, 0.3) is 0 Å². The van der Waals surface area contributed by atoms with Gasteiger partial charge in [-0.3, -0.25) is 0 Å². The molecule has 11 rings (SSSR count). The van der Waals surface area contributed by atoms with Crippen molar-refractivity contribution < 1.29 is 51.7 Å². The summed E-state index contributed by atoms with van der Waals surface area (Å²) in [5.41, 5.74) is 6.84. The average Bonchev–Trinajstić information content (AvgIpc) is 4.30. The first kappa shape index (κ1) is 96.3. The first-order valence-electron chi connectivity index (χ1n) is 33.6. The monoisotopic (exact) mass is 1510 g/mol. The van der Waals surface area contributed by atoms with E-state index in [1.807, 2.05) is 0 Å². The van der Waals surface area contributed by atoms with Crippen molar-refractivity contribution in [2.45, 2.75) is 249 Å². The van der Waals surface area contributed by atoms with Crippen LogP contribution in [0.1, 0.15) is 249 Å². The molecule has 0 saturated heterocycles. The molecule has 0 bridgehead atoms. The summed E-state index contributed by atoms with van der Waals surface area (Å²) in [4.78, 5) is 0. The van der Waals surface area contributed by atoms with Gasteiger partial charge in [-0.25, -0.2) is 0 Å². The maximum atomic E-state index is 2.67. The van der Waals surface area contributed by atoms with Crippen LogP contribution >= 0.6 is 0 Å². The smallest absolute Gasteiger partial charge is 0.358 e. The van der Waals surface area contributed by atoms with Crippen molar-refractivity contribution in [1.82, 2.24) is 0 Å². The maximum absolute atomic E-state index is 2.67. The Hall–Kier alpha value is 0.180. The van der Waals surface area contributed by atoms with Crippen molar-refractivity contribution in [3.8, 4) is 0 Å². The summed E-state index contributed by atoms with van der Waals surface area (Å²) >= 11 is 0. The second-order valence-corrected chi connectivity index (χ2v) is 30.1. The molecule has 0 aliphatic heterocycles. The molecule has 9 unspecified atom stereocenters. The Bertz CT molecular complexity index is 1680. The van der Waals surface area contributed by atoms with Crippen molar-refractivity contribution in [3.05, 3.63) is 130 Å². The fourth-order valence-electron chi connectivity index (χ4n) is 17.7. The first-order chi connectivity index (χ1) is 35.4. The number of fused-ring (bicyclic) bond motifs is 5. The first-order valence-corrected chi connectivity index (χ1v) is 33.6. The molecular formula is C83H154Hf2. The van der Waals surface area contributed by atoms with Crippen molar-refractivity contribution in [3.63, 3.8) is 0 Å². The molecule has 0 heterocycles. The van der Waals surface area contributed by atoms with Crippen molar-refractivity contribution in [2.24, 2.45) is 154 Å². The molecule has 11 aliphatic carbocycles. The van der Waals surface area contributed by atoms with Gasteiger partial charge in [-0.15, -0.1) is 0 Å². The van der Waals surface area contributed by atoms with Crippen LogP contribution < -0.4 is 0 Å². The van der Waals surface area contributed by atoms with Gasteiger partial charge < -0.3 is 59.4 Å². The van der Waals surface area contributed by atoms with E-state index in [0.29, 0.717) is 0 Å². The summed E-state index contributed by atoms with van der Waals surface area (Å²) in [7, 11) is 0. The number of hydrogen-bond donors (Lipinski definition) is 0. The topological polar surface area (TPSA) is 0 Å². The summed E-state index contributed by atoms with van der Waals surface area (Å²) in [5, 5.41) is 0. The Morgan fingerprint density at radius 3 is 0.882 bits per heavy atom. The quantitative estimate of drug-likeness (QED) is 0.194. The van der Waals surface area contributed by atoms with E-state index in [9.17, 15) is 0 Å². The Morgan fingerprint density at radius 1 is 0.318 bits per heavy atom. The van der Waals surface area contributed by atoms with Gasteiger partial charge >= 0.3 is 51.7 Å².